The van der Waals surface area contributed by atoms with Crippen LogP contribution in [-0.4, -0.2) is 66.7 Å². The molecule has 0 aliphatic carbocycles. The Kier molecular flexibility index (Phi) is 5.46. The molecule has 0 unspecified atom stereocenters. The van der Waals surface area contributed by atoms with Gasteiger partial charge in [0.25, 0.3) is 0 Å². The summed E-state index contributed by atoms with van der Waals surface area (Å²) in [6.45, 7) is 1.48. The van der Waals surface area contributed by atoms with Crippen LogP contribution in [0.2, 0.25) is 0 Å². The van der Waals surface area contributed by atoms with E-state index >= 15 is 0 Å². The maximum atomic E-state index is 14.1. The molecule has 1 fully saturated rings. The molecular formula is C15H19FN2O4. The minimum atomic E-state index is -1.11. The molecule has 1 aromatic rings. The minimum absolute atomic E-state index is 0.256. The van der Waals surface area contributed by atoms with Crippen LogP contribution in [0.3, 0.4) is 0 Å². The van der Waals surface area contributed by atoms with Gasteiger partial charge < -0.3 is 14.7 Å². The van der Waals surface area contributed by atoms with Crippen molar-refractivity contribution in [2.24, 2.45) is 0 Å². The second kappa shape index (κ2) is 7.33. The number of ether oxygens (including phenoxy) is 1. The number of amides is 1. The highest BCUT2D eigenvalue weighted by molar-refractivity contribution is 5.86. The third-order valence-corrected chi connectivity index (χ3v) is 3.59. The van der Waals surface area contributed by atoms with Gasteiger partial charge >= 0.3 is 5.97 Å². The zero-order valence-corrected chi connectivity index (χ0v) is 12.4. The predicted molar refractivity (Wildman–Crippen MR) is 76.8 cm³/mol. The molecule has 0 saturated carbocycles. The van der Waals surface area contributed by atoms with Crippen LogP contribution in [0.5, 0.6) is 0 Å². The number of hydrogen-bond acceptors (Lipinski definition) is 4. The van der Waals surface area contributed by atoms with E-state index in [1.807, 2.05) is 4.90 Å². The normalized spacial score (nSPS) is 17.0. The van der Waals surface area contributed by atoms with Gasteiger partial charge in [-0.25, -0.2) is 4.39 Å². The number of aliphatic carboxylic acids is 1. The quantitative estimate of drug-likeness (QED) is 0.869. The van der Waals surface area contributed by atoms with Crippen molar-refractivity contribution in [3.63, 3.8) is 0 Å². The molecule has 0 aromatic heterocycles. The summed E-state index contributed by atoms with van der Waals surface area (Å²) in [6, 6.07) is 5.24. The molecule has 1 saturated heterocycles. The zero-order valence-electron chi connectivity index (χ0n) is 12.4. The Hall–Kier alpha value is -1.99. The molecule has 1 atom stereocenters. The number of halogens is 1. The van der Waals surface area contributed by atoms with Gasteiger partial charge in [-0.3, -0.25) is 14.5 Å². The van der Waals surface area contributed by atoms with E-state index in [2.05, 4.69) is 0 Å². The Morgan fingerprint density at radius 1 is 1.36 bits per heavy atom. The Balaban J connectivity index is 2.30. The predicted octanol–water partition coefficient (Wildman–Crippen LogP) is 0.742. The van der Waals surface area contributed by atoms with Crippen LogP contribution >= 0.6 is 0 Å². The van der Waals surface area contributed by atoms with Gasteiger partial charge in [0.1, 0.15) is 18.4 Å². The molecule has 1 aliphatic rings. The van der Waals surface area contributed by atoms with Crippen LogP contribution in [0.4, 0.5) is 4.39 Å². The van der Waals surface area contributed by atoms with Crippen molar-refractivity contribution in [1.29, 1.82) is 0 Å². The van der Waals surface area contributed by atoms with Crippen molar-refractivity contribution < 1.29 is 23.8 Å². The van der Waals surface area contributed by atoms with E-state index in [4.69, 9.17) is 9.84 Å². The number of nitrogens with zero attached hydrogens (tertiary/aromatic N) is 2. The maximum absolute atomic E-state index is 14.1. The second-order valence-electron chi connectivity index (χ2n) is 5.16. The Morgan fingerprint density at radius 2 is 2.00 bits per heavy atom. The summed E-state index contributed by atoms with van der Waals surface area (Å²) in [6.07, 6.45) is 0. The van der Waals surface area contributed by atoms with E-state index in [9.17, 15) is 14.0 Å². The number of carboxylic acids is 1. The first-order chi connectivity index (χ1) is 10.5. The third-order valence-electron chi connectivity index (χ3n) is 3.59. The van der Waals surface area contributed by atoms with Crippen LogP contribution in [0, 0.1) is 5.82 Å². The second-order valence-corrected chi connectivity index (χ2v) is 5.16. The van der Waals surface area contributed by atoms with Gasteiger partial charge in [-0.2, -0.15) is 0 Å². The lowest BCUT2D eigenvalue weighted by Gasteiger charge is -2.35. The van der Waals surface area contributed by atoms with E-state index < -0.39 is 30.3 Å². The number of carbonyl (C=O) groups is 2. The Bertz CT molecular complexity index is 546. The van der Waals surface area contributed by atoms with Gasteiger partial charge in [-0.15, -0.1) is 0 Å². The molecule has 1 N–H and O–H groups in total. The Labute approximate surface area is 128 Å². The van der Waals surface area contributed by atoms with Gasteiger partial charge in [0, 0.05) is 25.7 Å². The van der Waals surface area contributed by atoms with E-state index in [0.717, 1.165) is 4.90 Å². The van der Waals surface area contributed by atoms with E-state index in [1.54, 1.807) is 18.2 Å². The lowest BCUT2D eigenvalue weighted by Crippen LogP contribution is -2.47. The number of rotatable bonds is 5. The first-order valence-corrected chi connectivity index (χ1v) is 7.03. The number of hydrogen-bond donors (Lipinski definition) is 1. The fourth-order valence-corrected chi connectivity index (χ4v) is 2.51. The van der Waals surface area contributed by atoms with Gasteiger partial charge in [0.2, 0.25) is 5.91 Å². The monoisotopic (exact) mass is 310 g/mol. The molecule has 1 heterocycles. The van der Waals surface area contributed by atoms with Crippen LogP contribution < -0.4 is 0 Å². The van der Waals surface area contributed by atoms with Gasteiger partial charge in [-0.1, -0.05) is 18.2 Å². The van der Waals surface area contributed by atoms with Gasteiger partial charge in [0.05, 0.1) is 13.2 Å². The number of likely N-dealkylation sites (N-methyl/N-ethyl adjacent to an activating group) is 1. The van der Waals surface area contributed by atoms with Crippen LogP contribution in [0.1, 0.15) is 11.6 Å². The molecule has 0 bridgehead atoms. The molecule has 0 radical (unpaired) electrons. The molecule has 6 nitrogen and oxygen atoms in total. The molecule has 1 amide bonds. The SMILES string of the molecule is CN(CC(=O)O)C(=O)[C@@H](c1ccccc1F)N1CCOCC1. The number of benzene rings is 1. The molecule has 2 rings (SSSR count). The summed E-state index contributed by atoms with van der Waals surface area (Å²) in [7, 11) is 1.41. The van der Waals surface area contributed by atoms with Crippen molar-refractivity contribution in [3.8, 4) is 0 Å². The minimum Gasteiger partial charge on any atom is -0.480 e. The number of morpholine rings is 1. The maximum Gasteiger partial charge on any atom is 0.323 e. The van der Waals surface area contributed by atoms with Crippen molar-refractivity contribution in [1.82, 2.24) is 9.80 Å². The van der Waals surface area contributed by atoms with Crippen molar-refractivity contribution in [3.05, 3.63) is 35.6 Å². The smallest absolute Gasteiger partial charge is 0.323 e. The lowest BCUT2D eigenvalue weighted by molar-refractivity contribution is -0.147. The topological polar surface area (TPSA) is 70.1 Å². The van der Waals surface area contributed by atoms with Gasteiger partial charge in [0.15, 0.2) is 0 Å². The van der Waals surface area contributed by atoms with Gasteiger partial charge in [-0.05, 0) is 6.07 Å². The highest BCUT2D eigenvalue weighted by atomic mass is 19.1. The summed E-state index contributed by atoms with van der Waals surface area (Å²) < 4.78 is 19.4. The standard InChI is InChI=1S/C15H19FN2O4/c1-17(10-13(19)20)15(21)14(18-6-8-22-9-7-18)11-4-2-3-5-12(11)16/h2-5,14H,6-10H2,1H3,(H,19,20)/t14-/m1/s1. The molecule has 0 spiro atoms. The lowest BCUT2D eigenvalue weighted by atomic mass is 10.0. The van der Waals surface area contributed by atoms with E-state index in [-0.39, 0.29) is 5.56 Å². The largest absolute Gasteiger partial charge is 0.480 e. The average molecular weight is 310 g/mol. The molecular weight excluding hydrogens is 291 g/mol. The zero-order chi connectivity index (χ0) is 16.1. The average Bonchev–Trinajstić information content (AvgIpc) is 2.49. The first kappa shape index (κ1) is 16.4. The summed E-state index contributed by atoms with van der Waals surface area (Å²) in [5.74, 6) is -2.02. The first-order valence-electron chi connectivity index (χ1n) is 7.03. The summed E-state index contributed by atoms with van der Waals surface area (Å²) in [5.41, 5.74) is 0.256. The number of carboxylic acid groups (broad SMARTS) is 1. The molecule has 120 valence electrons. The Morgan fingerprint density at radius 3 is 2.59 bits per heavy atom. The van der Waals surface area contributed by atoms with E-state index in [0.29, 0.717) is 26.3 Å². The third kappa shape index (κ3) is 3.80. The molecule has 1 aromatic carbocycles. The van der Waals surface area contributed by atoms with Crippen LogP contribution in [-0.2, 0) is 14.3 Å². The summed E-state index contributed by atoms with van der Waals surface area (Å²) in [5, 5.41) is 8.85. The van der Waals surface area contributed by atoms with Crippen molar-refractivity contribution in [2.75, 3.05) is 39.9 Å². The number of carbonyl (C=O) groups excluding carboxylic acids is 1. The van der Waals surface area contributed by atoms with Crippen molar-refractivity contribution in [2.45, 2.75) is 6.04 Å². The molecule has 7 heteroatoms. The highest BCUT2D eigenvalue weighted by Gasteiger charge is 2.33. The fraction of sp³-hybridized carbons (Fsp3) is 0.467. The van der Waals surface area contributed by atoms with E-state index in [1.165, 1.54) is 13.1 Å². The van der Waals surface area contributed by atoms with Crippen molar-refractivity contribution >= 4 is 11.9 Å². The summed E-state index contributed by atoms with van der Waals surface area (Å²) >= 11 is 0. The fourth-order valence-electron chi connectivity index (χ4n) is 2.51. The molecule has 1 aliphatic heterocycles. The van der Waals surface area contributed by atoms with Crippen LogP contribution in [0.25, 0.3) is 0 Å². The molecule has 22 heavy (non-hydrogen) atoms. The highest BCUT2D eigenvalue weighted by Crippen LogP contribution is 2.26. The van der Waals surface area contributed by atoms with Crippen LogP contribution in [0.15, 0.2) is 24.3 Å². The summed E-state index contributed by atoms with van der Waals surface area (Å²) in [4.78, 5) is 26.4.